The van der Waals surface area contributed by atoms with Gasteiger partial charge in [0.2, 0.25) is 0 Å². The molecule has 14 heavy (non-hydrogen) atoms. The van der Waals surface area contributed by atoms with Crippen molar-refractivity contribution in [1.82, 2.24) is 5.32 Å². The predicted molar refractivity (Wildman–Crippen MR) is 63.6 cm³/mol. The van der Waals surface area contributed by atoms with Crippen molar-refractivity contribution in [1.29, 1.82) is 0 Å². The predicted octanol–water partition coefficient (Wildman–Crippen LogP) is 3.88. The Morgan fingerprint density at radius 3 is 2.36 bits per heavy atom. The van der Waals surface area contributed by atoms with Gasteiger partial charge in [0.1, 0.15) is 0 Å². The van der Waals surface area contributed by atoms with Crippen molar-refractivity contribution in [2.24, 2.45) is 0 Å². The molecule has 0 heterocycles. The second-order valence-electron chi connectivity index (χ2n) is 5.11. The Labute approximate surface area is 89.7 Å². The van der Waals surface area contributed by atoms with Gasteiger partial charge in [0.15, 0.2) is 0 Å². The molecule has 1 saturated carbocycles. The van der Waals surface area contributed by atoms with Crippen molar-refractivity contribution >= 4 is 0 Å². The van der Waals surface area contributed by atoms with E-state index in [-0.39, 0.29) is 0 Å². The van der Waals surface area contributed by atoms with E-state index in [9.17, 15) is 0 Å². The second-order valence-corrected chi connectivity index (χ2v) is 5.11. The quantitative estimate of drug-likeness (QED) is 0.637. The largest absolute Gasteiger partial charge is 0.312 e. The van der Waals surface area contributed by atoms with Crippen LogP contribution in [0, 0.1) is 0 Å². The van der Waals surface area contributed by atoms with Crippen molar-refractivity contribution in [3.8, 4) is 0 Å². The van der Waals surface area contributed by atoms with E-state index < -0.39 is 0 Å². The molecule has 84 valence electrons. The van der Waals surface area contributed by atoms with Gasteiger partial charge in [-0.2, -0.15) is 0 Å². The SMILES string of the molecule is CCCCCCNC1(C)CCCCC1. The number of hydrogen-bond donors (Lipinski definition) is 1. The number of unbranched alkanes of at least 4 members (excludes halogenated alkanes) is 3. The molecule has 1 rings (SSSR count). The van der Waals surface area contributed by atoms with Crippen molar-refractivity contribution in [2.45, 2.75) is 77.2 Å². The molecule has 0 saturated heterocycles. The topological polar surface area (TPSA) is 12.0 Å². The van der Waals surface area contributed by atoms with Crippen LogP contribution in [0.1, 0.15) is 71.6 Å². The van der Waals surface area contributed by atoms with E-state index in [0.29, 0.717) is 5.54 Å². The molecule has 0 bridgehead atoms. The highest BCUT2D eigenvalue weighted by atomic mass is 15.0. The Morgan fingerprint density at radius 1 is 1.00 bits per heavy atom. The van der Waals surface area contributed by atoms with Gasteiger partial charge in [-0.15, -0.1) is 0 Å². The first-order valence-corrected chi connectivity index (χ1v) is 6.52. The molecule has 0 atom stereocenters. The van der Waals surface area contributed by atoms with E-state index in [1.807, 2.05) is 0 Å². The standard InChI is InChI=1S/C13H27N/c1-3-4-5-9-12-14-13(2)10-7-6-8-11-13/h14H,3-12H2,1-2H3. The maximum Gasteiger partial charge on any atom is 0.0153 e. The number of nitrogens with one attached hydrogen (secondary N) is 1. The van der Waals surface area contributed by atoms with Gasteiger partial charge in [0.25, 0.3) is 0 Å². The molecule has 1 nitrogen and oxygen atoms in total. The molecule has 0 aliphatic heterocycles. The monoisotopic (exact) mass is 197 g/mol. The fraction of sp³-hybridized carbons (Fsp3) is 1.00. The van der Waals surface area contributed by atoms with Crippen LogP contribution in [-0.4, -0.2) is 12.1 Å². The Morgan fingerprint density at radius 2 is 1.71 bits per heavy atom. The van der Waals surface area contributed by atoms with Crippen LogP contribution >= 0.6 is 0 Å². The van der Waals surface area contributed by atoms with Crippen molar-refractivity contribution in [3.05, 3.63) is 0 Å². The van der Waals surface area contributed by atoms with Gasteiger partial charge in [-0.3, -0.25) is 0 Å². The summed E-state index contributed by atoms with van der Waals surface area (Å²) in [6.45, 7) is 5.92. The lowest BCUT2D eigenvalue weighted by atomic mass is 9.83. The van der Waals surface area contributed by atoms with Crippen molar-refractivity contribution in [3.63, 3.8) is 0 Å². The summed E-state index contributed by atoms with van der Waals surface area (Å²) in [5.41, 5.74) is 0.477. The fourth-order valence-electron chi connectivity index (χ4n) is 2.45. The number of rotatable bonds is 6. The highest BCUT2D eigenvalue weighted by Crippen LogP contribution is 2.27. The average Bonchev–Trinajstić information content (AvgIpc) is 2.18. The third kappa shape index (κ3) is 4.45. The third-order valence-electron chi connectivity index (χ3n) is 3.54. The molecule has 1 N–H and O–H groups in total. The molecule has 0 aromatic heterocycles. The molecule has 0 radical (unpaired) electrons. The summed E-state index contributed by atoms with van der Waals surface area (Å²) in [6.07, 6.45) is 12.6. The molecule has 0 aromatic carbocycles. The van der Waals surface area contributed by atoms with E-state index in [1.165, 1.54) is 64.3 Å². The van der Waals surface area contributed by atoms with Crippen LogP contribution in [-0.2, 0) is 0 Å². The minimum atomic E-state index is 0.477. The minimum absolute atomic E-state index is 0.477. The molecule has 0 spiro atoms. The molecule has 1 aliphatic carbocycles. The van der Waals surface area contributed by atoms with Crippen LogP contribution < -0.4 is 5.32 Å². The Balaban J connectivity index is 2.03. The van der Waals surface area contributed by atoms with E-state index in [2.05, 4.69) is 19.2 Å². The average molecular weight is 197 g/mol. The lowest BCUT2D eigenvalue weighted by Crippen LogP contribution is -2.44. The normalized spacial score (nSPS) is 21.0. The first-order valence-electron chi connectivity index (χ1n) is 6.52. The molecule has 0 unspecified atom stereocenters. The van der Waals surface area contributed by atoms with Crippen LogP contribution in [0.15, 0.2) is 0 Å². The highest BCUT2D eigenvalue weighted by molar-refractivity contribution is 4.85. The van der Waals surface area contributed by atoms with Gasteiger partial charge in [0.05, 0.1) is 0 Å². The highest BCUT2D eigenvalue weighted by Gasteiger charge is 2.25. The summed E-state index contributed by atoms with van der Waals surface area (Å²) in [6, 6.07) is 0. The summed E-state index contributed by atoms with van der Waals surface area (Å²) in [7, 11) is 0. The maximum absolute atomic E-state index is 3.76. The smallest absolute Gasteiger partial charge is 0.0153 e. The lowest BCUT2D eigenvalue weighted by molar-refractivity contribution is 0.253. The van der Waals surface area contributed by atoms with Crippen LogP contribution in [0.3, 0.4) is 0 Å². The third-order valence-corrected chi connectivity index (χ3v) is 3.54. The van der Waals surface area contributed by atoms with E-state index in [0.717, 1.165) is 0 Å². The van der Waals surface area contributed by atoms with E-state index >= 15 is 0 Å². The van der Waals surface area contributed by atoms with Crippen molar-refractivity contribution in [2.75, 3.05) is 6.54 Å². The zero-order valence-electron chi connectivity index (χ0n) is 10.1. The van der Waals surface area contributed by atoms with Gasteiger partial charge < -0.3 is 5.32 Å². The van der Waals surface area contributed by atoms with Crippen LogP contribution in [0.5, 0.6) is 0 Å². The minimum Gasteiger partial charge on any atom is -0.312 e. The Kier molecular flexibility index (Phi) is 5.54. The van der Waals surface area contributed by atoms with Gasteiger partial charge in [-0.25, -0.2) is 0 Å². The molecular weight excluding hydrogens is 170 g/mol. The van der Waals surface area contributed by atoms with Gasteiger partial charge in [-0.05, 0) is 32.7 Å². The lowest BCUT2D eigenvalue weighted by Gasteiger charge is -2.34. The first-order chi connectivity index (χ1) is 6.77. The molecular formula is C13H27N. The molecule has 0 amide bonds. The fourth-order valence-corrected chi connectivity index (χ4v) is 2.45. The molecule has 1 aliphatic rings. The van der Waals surface area contributed by atoms with Crippen LogP contribution in [0.25, 0.3) is 0 Å². The first kappa shape index (κ1) is 12.0. The molecule has 1 heteroatoms. The van der Waals surface area contributed by atoms with Crippen molar-refractivity contribution < 1.29 is 0 Å². The second kappa shape index (κ2) is 6.44. The van der Waals surface area contributed by atoms with Gasteiger partial charge in [-0.1, -0.05) is 45.4 Å². The van der Waals surface area contributed by atoms with E-state index in [4.69, 9.17) is 0 Å². The van der Waals surface area contributed by atoms with Crippen LogP contribution in [0.4, 0.5) is 0 Å². The number of hydrogen-bond acceptors (Lipinski definition) is 1. The molecule has 1 fully saturated rings. The zero-order chi connectivity index (χ0) is 10.3. The summed E-state index contributed by atoms with van der Waals surface area (Å²) in [4.78, 5) is 0. The zero-order valence-corrected chi connectivity index (χ0v) is 10.1. The van der Waals surface area contributed by atoms with E-state index in [1.54, 1.807) is 0 Å². The Hall–Kier alpha value is -0.0400. The molecule has 0 aromatic rings. The summed E-state index contributed by atoms with van der Waals surface area (Å²) < 4.78 is 0. The summed E-state index contributed by atoms with van der Waals surface area (Å²) in [5.74, 6) is 0. The van der Waals surface area contributed by atoms with Gasteiger partial charge >= 0.3 is 0 Å². The van der Waals surface area contributed by atoms with Crippen LogP contribution in [0.2, 0.25) is 0 Å². The summed E-state index contributed by atoms with van der Waals surface area (Å²) in [5, 5.41) is 3.76. The maximum atomic E-state index is 3.76. The van der Waals surface area contributed by atoms with Gasteiger partial charge in [0, 0.05) is 5.54 Å². The Bertz CT molecular complexity index is 136. The summed E-state index contributed by atoms with van der Waals surface area (Å²) >= 11 is 0.